The Balaban J connectivity index is 0. The molecule has 0 atom stereocenters. The Morgan fingerprint density at radius 3 is 1.18 bits per heavy atom. The van der Waals surface area contributed by atoms with E-state index in [-0.39, 0.29) is 5.21 Å². The van der Waals surface area contributed by atoms with Gasteiger partial charge in [0.15, 0.2) is 0 Å². The van der Waals surface area contributed by atoms with E-state index >= 15 is 0 Å². The van der Waals surface area contributed by atoms with E-state index in [1.54, 1.807) is 0 Å². The molecule has 3 N–H and O–H groups in total. The third-order valence-corrected chi connectivity index (χ3v) is 2.14. The van der Waals surface area contributed by atoms with Crippen LogP contribution in [0.1, 0.15) is 6.92 Å². The van der Waals surface area contributed by atoms with Gasteiger partial charge in [0, 0.05) is 0 Å². The summed E-state index contributed by atoms with van der Waals surface area (Å²) < 4.78 is 43.7. The Hall–Kier alpha value is 0.597. The van der Waals surface area contributed by atoms with E-state index in [2.05, 4.69) is 0 Å². The van der Waals surface area contributed by atoms with Crippen molar-refractivity contribution in [3.8, 4) is 0 Å². The maximum atomic E-state index is 9.83. The summed E-state index contributed by atoms with van der Waals surface area (Å²) in [4.78, 5) is 0. The van der Waals surface area contributed by atoms with E-state index in [9.17, 15) is 7.48 Å². The van der Waals surface area contributed by atoms with Gasteiger partial charge in [-0.25, -0.2) is 0 Å². The zero-order valence-corrected chi connectivity index (χ0v) is 10.5. The van der Waals surface area contributed by atoms with Crippen molar-refractivity contribution in [1.82, 2.24) is 0 Å². The van der Waals surface area contributed by atoms with Gasteiger partial charge < -0.3 is 0 Å². The van der Waals surface area contributed by atoms with Crippen LogP contribution >= 0.6 is 0 Å². The quantitative estimate of drug-likeness (QED) is 0.565. The Bertz CT molecular complexity index is 169. The van der Waals surface area contributed by atoms with Crippen molar-refractivity contribution in [2.45, 2.75) is 23.6 Å². The molecule has 5 nitrogen and oxygen atoms in total. The molecule has 0 rings (SSSR count). The summed E-state index contributed by atoms with van der Waals surface area (Å²) in [6, 6.07) is 0. The molecule has 0 spiro atoms. The second kappa shape index (κ2) is 5.28. The predicted molar refractivity (Wildman–Crippen MR) is 41.7 cm³/mol. The van der Waals surface area contributed by atoms with Gasteiger partial charge in [-0.1, -0.05) is 0 Å². The fraction of sp³-hybridized carbons (Fsp3) is 1.00. The average molecular weight is 292 g/mol. The van der Waals surface area contributed by atoms with Crippen molar-refractivity contribution in [2.24, 2.45) is 0 Å². The summed E-state index contributed by atoms with van der Waals surface area (Å²) in [5.41, 5.74) is 2.72. The summed E-state index contributed by atoms with van der Waals surface area (Å²) >= 11 is -7.28. The first-order valence-electron chi connectivity index (χ1n) is 2.88. The van der Waals surface area contributed by atoms with Crippen molar-refractivity contribution in [2.75, 3.05) is 0 Å². The predicted octanol–water partition coefficient (Wildman–Crippen LogP) is -0.529. The molecule has 0 aliphatic carbocycles. The number of hydrogen-bond acceptors (Lipinski definition) is 2. The summed E-state index contributed by atoms with van der Waals surface area (Å²) in [5, 5.41) is -0.00174. The molecule has 7 heteroatoms. The van der Waals surface area contributed by atoms with Gasteiger partial charge in [-0.3, -0.25) is 0 Å². The molecular formula is C4H14As2O5. The fourth-order valence-corrected chi connectivity index (χ4v) is 0. The molecule has 0 unspecified atom stereocenters. The zero-order valence-electron chi connectivity index (χ0n) is 6.76. The maximum absolute atomic E-state index is 9.83. The van der Waals surface area contributed by atoms with Crippen molar-refractivity contribution in [3.05, 3.63) is 0 Å². The normalized spacial score (nSPS) is 11.8. The molecule has 0 aliphatic rings. The SMILES string of the molecule is CC[As](=O)(O)O.C[As](C)(=O)O. The van der Waals surface area contributed by atoms with E-state index in [1.165, 1.54) is 18.3 Å². The molecule has 11 heavy (non-hydrogen) atoms. The van der Waals surface area contributed by atoms with Gasteiger partial charge in [-0.05, 0) is 0 Å². The van der Waals surface area contributed by atoms with Gasteiger partial charge in [0.2, 0.25) is 0 Å². The van der Waals surface area contributed by atoms with E-state index in [4.69, 9.17) is 12.3 Å². The topological polar surface area (TPSA) is 94.8 Å². The van der Waals surface area contributed by atoms with Crippen LogP contribution in [0.4, 0.5) is 0 Å². The van der Waals surface area contributed by atoms with Crippen molar-refractivity contribution in [1.29, 1.82) is 0 Å². The third-order valence-electron chi connectivity index (χ3n) is 0.412. The minimum atomic E-state index is -4.16. The Kier molecular flexibility index (Phi) is 6.79. The molecule has 0 saturated carbocycles. The van der Waals surface area contributed by atoms with E-state index in [0.29, 0.717) is 0 Å². The van der Waals surface area contributed by atoms with Crippen LogP contribution in [0.2, 0.25) is 16.6 Å². The van der Waals surface area contributed by atoms with Crippen LogP contribution in [0, 0.1) is 0 Å². The fourth-order valence-electron chi connectivity index (χ4n) is 0. The van der Waals surface area contributed by atoms with E-state index in [0.717, 1.165) is 0 Å². The molecule has 70 valence electrons. The molecule has 0 saturated heterocycles. The first-order chi connectivity index (χ1) is 4.56. The standard InChI is InChI=1S/C2H7AsO3.C2H7AsO2/c1-2-3(4,5)6;1-3(2,4)5/h2H2,1H3,(H2,4,5,6);1-2H3,(H,4,5). The average Bonchev–Trinajstić information content (AvgIpc) is 1.59. The van der Waals surface area contributed by atoms with Crippen LogP contribution in [0.25, 0.3) is 0 Å². The monoisotopic (exact) mass is 292 g/mol. The summed E-state index contributed by atoms with van der Waals surface area (Å²) in [5.74, 6) is 0. The molecule has 0 aromatic rings. The summed E-state index contributed by atoms with van der Waals surface area (Å²) in [6.07, 6.45) is 0. The molecule has 0 radical (unpaired) electrons. The second-order valence-corrected chi connectivity index (χ2v) is 11.8. The van der Waals surface area contributed by atoms with Gasteiger partial charge in [0.25, 0.3) is 0 Å². The summed E-state index contributed by atoms with van der Waals surface area (Å²) in [6.45, 7) is 1.47. The number of rotatable bonds is 1. The molecule has 0 aliphatic heterocycles. The molecule has 0 amide bonds. The van der Waals surface area contributed by atoms with Crippen LogP contribution in [-0.2, 0) is 7.48 Å². The second-order valence-electron chi connectivity index (χ2n) is 2.27. The molecule has 0 bridgehead atoms. The van der Waals surface area contributed by atoms with E-state index < -0.39 is 28.0 Å². The first kappa shape index (κ1) is 14.1. The Morgan fingerprint density at radius 2 is 1.18 bits per heavy atom. The number of hydrogen-bond donors (Lipinski definition) is 3. The molecular weight excluding hydrogens is 278 g/mol. The van der Waals surface area contributed by atoms with Crippen LogP contribution in [0.3, 0.4) is 0 Å². The van der Waals surface area contributed by atoms with Crippen LogP contribution in [-0.4, -0.2) is 40.3 Å². The van der Waals surface area contributed by atoms with E-state index in [1.807, 2.05) is 0 Å². The van der Waals surface area contributed by atoms with Gasteiger partial charge in [-0.2, -0.15) is 0 Å². The summed E-state index contributed by atoms with van der Waals surface area (Å²) in [7, 11) is 0. The van der Waals surface area contributed by atoms with Gasteiger partial charge in [0.1, 0.15) is 0 Å². The molecule has 0 aromatic heterocycles. The van der Waals surface area contributed by atoms with Crippen molar-refractivity contribution < 1.29 is 19.8 Å². The third kappa shape index (κ3) is 60.5. The van der Waals surface area contributed by atoms with Crippen LogP contribution < -0.4 is 0 Å². The van der Waals surface area contributed by atoms with Crippen LogP contribution in [0.15, 0.2) is 0 Å². The molecule has 0 heterocycles. The van der Waals surface area contributed by atoms with Crippen LogP contribution in [0.5, 0.6) is 0 Å². The van der Waals surface area contributed by atoms with Gasteiger partial charge in [0.05, 0.1) is 0 Å². The van der Waals surface area contributed by atoms with Crippen molar-refractivity contribution in [3.63, 3.8) is 0 Å². The first-order valence-corrected chi connectivity index (χ1v) is 12.0. The molecule has 0 aromatic carbocycles. The van der Waals surface area contributed by atoms with Crippen molar-refractivity contribution >= 4 is 28.0 Å². The Morgan fingerprint density at radius 1 is 1.09 bits per heavy atom. The Labute approximate surface area is 71.5 Å². The van der Waals surface area contributed by atoms with Gasteiger partial charge in [-0.15, -0.1) is 0 Å². The molecule has 0 fully saturated rings. The zero-order chi connectivity index (χ0) is 9.71. The minimum absolute atomic E-state index is 0.00174. The van der Waals surface area contributed by atoms with Gasteiger partial charge >= 0.3 is 71.3 Å².